The number of fused-ring (bicyclic) bond motifs is 1. The second-order valence-corrected chi connectivity index (χ2v) is 3.26. The maximum atomic E-state index is 9.72. The maximum absolute atomic E-state index is 9.72. The molecule has 0 radical (unpaired) electrons. The molecule has 0 atom stereocenters. The number of aromatic hydroxyl groups is 1. The lowest BCUT2D eigenvalue weighted by Crippen LogP contribution is -1.85. The van der Waals surface area contributed by atoms with Crippen LogP contribution in [0.25, 0.3) is 10.9 Å². The van der Waals surface area contributed by atoms with Gasteiger partial charge in [0.1, 0.15) is 11.3 Å². The molecular weight excluding hydrogens is 162 g/mol. The Labute approximate surface area is 76.9 Å². The molecule has 2 aromatic rings. The van der Waals surface area contributed by atoms with E-state index in [-0.39, 0.29) is 0 Å². The number of aryl methyl sites for hydroxylation is 2. The smallest absolute Gasteiger partial charge is 0.144 e. The van der Waals surface area contributed by atoms with Crippen LogP contribution in [0.1, 0.15) is 11.3 Å². The number of hydrogen-bond donors (Lipinski definition) is 1. The maximum Gasteiger partial charge on any atom is 0.144 e. The van der Waals surface area contributed by atoms with Crippen LogP contribution >= 0.6 is 0 Å². The molecule has 66 valence electrons. The zero-order valence-corrected chi connectivity index (χ0v) is 7.70. The van der Waals surface area contributed by atoms with E-state index in [0.29, 0.717) is 11.3 Å². The molecule has 0 fully saturated rings. The van der Waals surface area contributed by atoms with E-state index in [1.807, 2.05) is 38.1 Å². The zero-order chi connectivity index (χ0) is 9.42. The summed E-state index contributed by atoms with van der Waals surface area (Å²) < 4.78 is 0. The molecule has 0 saturated heterocycles. The second kappa shape index (κ2) is 2.73. The summed E-state index contributed by atoms with van der Waals surface area (Å²) in [5, 5.41) is 10.7. The Hall–Kier alpha value is -1.57. The Morgan fingerprint density at radius 1 is 1.08 bits per heavy atom. The number of benzene rings is 1. The normalized spacial score (nSPS) is 10.6. The van der Waals surface area contributed by atoms with Gasteiger partial charge in [0, 0.05) is 11.1 Å². The molecule has 0 aliphatic carbocycles. The molecule has 1 aromatic heterocycles. The van der Waals surface area contributed by atoms with Crippen molar-refractivity contribution < 1.29 is 5.11 Å². The van der Waals surface area contributed by atoms with Crippen molar-refractivity contribution in [3.8, 4) is 5.75 Å². The summed E-state index contributed by atoms with van der Waals surface area (Å²) in [6.07, 6.45) is 0. The highest BCUT2D eigenvalue weighted by Gasteiger charge is 2.03. The van der Waals surface area contributed by atoms with Gasteiger partial charge < -0.3 is 5.11 Å². The van der Waals surface area contributed by atoms with E-state index >= 15 is 0 Å². The number of phenols is 1. The monoisotopic (exact) mass is 173 g/mol. The summed E-state index contributed by atoms with van der Waals surface area (Å²) in [4.78, 5) is 4.29. The first-order valence-electron chi connectivity index (χ1n) is 4.24. The fraction of sp³-hybridized carbons (Fsp3) is 0.182. The predicted molar refractivity (Wildman–Crippen MR) is 52.9 cm³/mol. The molecule has 0 bridgehead atoms. The predicted octanol–water partition coefficient (Wildman–Crippen LogP) is 2.56. The molecule has 1 N–H and O–H groups in total. The third kappa shape index (κ3) is 1.24. The summed E-state index contributed by atoms with van der Waals surface area (Å²) in [7, 11) is 0. The van der Waals surface area contributed by atoms with E-state index in [9.17, 15) is 5.11 Å². The molecule has 0 unspecified atom stereocenters. The Morgan fingerprint density at radius 2 is 1.77 bits per heavy atom. The van der Waals surface area contributed by atoms with Crippen molar-refractivity contribution in [2.24, 2.45) is 0 Å². The Kier molecular flexibility index (Phi) is 1.69. The fourth-order valence-corrected chi connectivity index (χ4v) is 1.37. The molecule has 0 amide bonds. The zero-order valence-electron chi connectivity index (χ0n) is 7.70. The van der Waals surface area contributed by atoms with Gasteiger partial charge in [0.15, 0.2) is 0 Å². The van der Waals surface area contributed by atoms with E-state index < -0.39 is 0 Å². The number of hydrogen-bond acceptors (Lipinski definition) is 2. The van der Waals surface area contributed by atoms with Gasteiger partial charge in [0.05, 0.1) is 0 Å². The number of pyridine rings is 1. The van der Waals surface area contributed by atoms with Crippen molar-refractivity contribution in [3.05, 3.63) is 35.5 Å². The molecule has 0 aliphatic rings. The highest BCUT2D eigenvalue weighted by Crippen LogP contribution is 2.26. The first-order valence-corrected chi connectivity index (χ1v) is 4.24. The molecule has 1 heterocycles. The van der Waals surface area contributed by atoms with E-state index in [4.69, 9.17) is 0 Å². The van der Waals surface area contributed by atoms with Crippen molar-refractivity contribution in [2.45, 2.75) is 13.8 Å². The third-order valence-corrected chi connectivity index (χ3v) is 2.18. The average molecular weight is 173 g/mol. The molecular formula is C11H11NO. The first kappa shape index (κ1) is 8.05. The Bertz CT molecular complexity index is 458. The van der Waals surface area contributed by atoms with Gasteiger partial charge in [0.25, 0.3) is 0 Å². The van der Waals surface area contributed by atoms with Crippen molar-refractivity contribution in [1.82, 2.24) is 4.98 Å². The number of phenolic OH excluding ortho intramolecular Hbond substituents is 1. The average Bonchev–Trinajstić information content (AvgIpc) is 2.12. The summed E-state index contributed by atoms with van der Waals surface area (Å²) in [5.74, 6) is 0.293. The van der Waals surface area contributed by atoms with Crippen LogP contribution in [0.5, 0.6) is 5.75 Å². The fourth-order valence-electron chi connectivity index (χ4n) is 1.37. The minimum absolute atomic E-state index is 0.293. The molecule has 0 aliphatic heterocycles. The molecule has 0 saturated carbocycles. The quantitative estimate of drug-likeness (QED) is 0.664. The summed E-state index contributed by atoms with van der Waals surface area (Å²) in [5.41, 5.74) is 2.49. The van der Waals surface area contributed by atoms with Crippen molar-refractivity contribution in [3.63, 3.8) is 0 Å². The molecule has 2 rings (SSSR count). The van der Waals surface area contributed by atoms with Gasteiger partial charge in [-0.25, -0.2) is 4.98 Å². The molecule has 1 aromatic carbocycles. The van der Waals surface area contributed by atoms with Crippen LogP contribution in [0.2, 0.25) is 0 Å². The van der Waals surface area contributed by atoms with Crippen LogP contribution in [-0.2, 0) is 0 Å². The van der Waals surface area contributed by atoms with E-state index in [0.717, 1.165) is 16.6 Å². The van der Waals surface area contributed by atoms with Crippen LogP contribution in [0.4, 0.5) is 0 Å². The van der Waals surface area contributed by atoms with Crippen LogP contribution in [0.15, 0.2) is 24.3 Å². The Balaban J connectivity index is 2.89. The van der Waals surface area contributed by atoms with Crippen LogP contribution < -0.4 is 0 Å². The standard InChI is InChI=1S/C11H11NO/c1-7-3-5-9-6-4-8(2)12-10(9)11(7)13/h3-6,13H,1-2H3. The van der Waals surface area contributed by atoms with Crippen molar-refractivity contribution in [2.75, 3.05) is 0 Å². The van der Waals surface area contributed by atoms with Crippen LogP contribution in [0, 0.1) is 13.8 Å². The minimum Gasteiger partial charge on any atom is -0.505 e. The van der Waals surface area contributed by atoms with Gasteiger partial charge in [-0.15, -0.1) is 0 Å². The van der Waals surface area contributed by atoms with Crippen LogP contribution in [0.3, 0.4) is 0 Å². The van der Waals surface area contributed by atoms with Crippen molar-refractivity contribution >= 4 is 10.9 Å². The highest BCUT2D eigenvalue weighted by atomic mass is 16.3. The summed E-state index contributed by atoms with van der Waals surface area (Å²) in [6, 6.07) is 7.78. The number of nitrogens with zero attached hydrogens (tertiary/aromatic N) is 1. The van der Waals surface area contributed by atoms with E-state index in [1.54, 1.807) is 0 Å². The van der Waals surface area contributed by atoms with Crippen LogP contribution in [-0.4, -0.2) is 10.1 Å². The molecule has 2 nitrogen and oxygen atoms in total. The van der Waals surface area contributed by atoms with Crippen molar-refractivity contribution in [1.29, 1.82) is 0 Å². The third-order valence-electron chi connectivity index (χ3n) is 2.18. The topological polar surface area (TPSA) is 33.1 Å². The second-order valence-electron chi connectivity index (χ2n) is 3.26. The number of rotatable bonds is 0. The summed E-state index contributed by atoms with van der Waals surface area (Å²) >= 11 is 0. The lowest BCUT2D eigenvalue weighted by Gasteiger charge is -2.03. The molecule has 0 spiro atoms. The summed E-state index contributed by atoms with van der Waals surface area (Å²) in [6.45, 7) is 3.79. The SMILES string of the molecule is Cc1ccc2ccc(C)c(O)c2n1. The highest BCUT2D eigenvalue weighted by molar-refractivity contribution is 5.85. The minimum atomic E-state index is 0.293. The van der Waals surface area contributed by atoms with Gasteiger partial charge >= 0.3 is 0 Å². The largest absolute Gasteiger partial charge is 0.505 e. The van der Waals surface area contributed by atoms with Gasteiger partial charge in [-0.3, -0.25) is 0 Å². The van der Waals surface area contributed by atoms with Gasteiger partial charge in [-0.1, -0.05) is 18.2 Å². The lowest BCUT2D eigenvalue weighted by molar-refractivity contribution is 0.476. The first-order chi connectivity index (χ1) is 6.18. The van der Waals surface area contributed by atoms with E-state index in [2.05, 4.69) is 4.98 Å². The molecule has 2 heteroatoms. The Morgan fingerprint density at radius 3 is 2.54 bits per heavy atom. The van der Waals surface area contributed by atoms with E-state index in [1.165, 1.54) is 0 Å². The molecule has 13 heavy (non-hydrogen) atoms. The van der Waals surface area contributed by atoms with Gasteiger partial charge in [-0.2, -0.15) is 0 Å². The number of aromatic nitrogens is 1. The van der Waals surface area contributed by atoms with Gasteiger partial charge in [-0.05, 0) is 25.5 Å². The lowest BCUT2D eigenvalue weighted by atomic mass is 10.1. The van der Waals surface area contributed by atoms with Gasteiger partial charge in [0.2, 0.25) is 0 Å².